The molecule has 236 valence electrons. The van der Waals surface area contributed by atoms with E-state index in [1.165, 1.54) is 17.0 Å². The number of para-hydroxylation sites is 2. The Kier molecular flexibility index (Phi) is 11.3. The fourth-order valence-electron chi connectivity index (χ4n) is 5.37. The largest absolute Gasteiger partial charge is 0.497 e. The van der Waals surface area contributed by atoms with E-state index in [2.05, 4.69) is 5.32 Å². The molecule has 1 atom stereocenters. The quantitative estimate of drug-likeness (QED) is 0.272. The molecular weight excluding hydrogens is 578 g/mol. The minimum Gasteiger partial charge on any atom is -0.497 e. The molecule has 0 heterocycles. The number of nitrogens with one attached hydrogen (secondary N) is 1. The van der Waals surface area contributed by atoms with Crippen LogP contribution in [0.3, 0.4) is 0 Å². The molecule has 1 N–H and O–H groups in total. The number of nitrogens with zero attached hydrogens (tertiary/aromatic N) is 2. The molecule has 1 fully saturated rings. The molecule has 0 spiro atoms. The van der Waals surface area contributed by atoms with E-state index in [1.807, 2.05) is 26.0 Å². The summed E-state index contributed by atoms with van der Waals surface area (Å²) in [7, 11) is -2.63. The lowest BCUT2D eigenvalue weighted by atomic mass is 9.95. The van der Waals surface area contributed by atoms with Gasteiger partial charge in [-0.1, -0.05) is 61.2 Å². The van der Waals surface area contributed by atoms with Crippen LogP contribution in [0.25, 0.3) is 0 Å². The predicted molar refractivity (Wildman–Crippen MR) is 171 cm³/mol. The van der Waals surface area contributed by atoms with Crippen molar-refractivity contribution in [1.82, 2.24) is 10.2 Å². The van der Waals surface area contributed by atoms with Gasteiger partial charge < -0.3 is 19.7 Å². The number of sulfonamides is 1. The lowest BCUT2D eigenvalue weighted by Gasteiger charge is -2.33. The Balaban J connectivity index is 1.71. The highest BCUT2D eigenvalue weighted by molar-refractivity contribution is 7.92. The van der Waals surface area contributed by atoms with Crippen LogP contribution in [-0.4, -0.2) is 57.5 Å². The normalized spacial score (nSPS) is 14.4. The number of hydrogen-bond acceptors (Lipinski definition) is 6. The van der Waals surface area contributed by atoms with Gasteiger partial charge in [-0.2, -0.15) is 0 Å². The fourth-order valence-corrected chi connectivity index (χ4v) is 6.80. The van der Waals surface area contributed by atoms with Crippen molar-refractivity contribution in [1.29, 1.82) is 0 Å². The maximum atomic E-state index is 14.3. The Hall–Kier alpha value is -4.05. The van der Waals surface area contributed by atoms with E-state index in [0.717, 1.165) is 47.5 Å². The molecular formula is C34H43N3O6S. The Bertz CT molecular complexity index is 1500. The number of aryl methyl sites for hydroxylation is 1. The maximum absolute atomic E-state index is 14.3. The lowest BCUT2D eigenvalue weighted by Crippen LogP contribution is -2.53. The molecule has 1 aliphatic carbocycles. The number of ether oxygens (including phenoxy) is 2. The number of carbonyl (C=O) groups excluding carboxylic acids is 2. The molecule has 0 aliphatic heterocycles. The van der Waals surface area contributed by atoms with E-state index in [-0.39, 0.29) is 29.1 Å². The summed E-state index contributed by atoms with van der Waals surface area (Å²) in [4.78, 5) is 29.3. The monoisotopic (exact) mass is 621 g/mol. The van der Waals surface area contributed by atoms with Crippen molar-refractivity contribution < 1.29 is 27.5 Å². The van der Waals surface area contributed by atoms with Gasteiger partial charge in [0.15, 0.2) is 0 Å². The van der Waals surface area contributed by atoms with E-state index in [1.54, 1.807) is 62.6 Å². The van der Waals surface area contributed by atoms with Gasteiger partial charge >= 0.3 is 0 Å². The molecule has 1 saturated carbocycles. The maximum Gasteiger partial charge on any atom is 0.264 e. The predicted octanol–water partition coefficient (Wildman–Crippen LogP) is 5.46. The van der Waals surface area contributed by atoms with Gasteiger partial charge in [-0.3, -0.25) is 13.9 Å². The summed E-state index contributed by atoms with van der Waals surface area (Å²) in [5.74, 6) is 0.219. The molecule has 2 amide bonds. The van der Waals surface area contributed by atoms with Crippen molar-refractivity contribution in [3.05, 3.63) is 83.9 Å². The SMILES string of the molecule is CCOc1ccccc1N(CC(=O)N(Cc1ccc(OC)cc1)[C@@H](C)C(=O)NC1CCCCC1)S(=O)(=O)c1ccc(C)cc1. The van der Waals surface area contributed by atoms with Gasteiger partial charge in [0.05, 0.1) is 24.3 Å². The molecule has 10 heteroatoms. The molecule has 1 aliphatic rings. The number of hydrogen-bond donors (Lipinski definition) is 1. The smallest absolute Gasteiger partial charge is 0.264 e. The third kappa shape index (κ3) is 8.11. The van der Waals surface area contributed by atoms with E-state index in [4.69, 9.17) is 9.47 Å². The molecule has 0 aromatic heterocycles. The van der Waals surface area contributed by atoms with E-state index >= 15 is 0 Å². The summed E-state index contributed by atoms with van der Waals surface area (Å²) in [5, 5.41) is 3.13. The first-order valence-corrected chi connectivity index (χ1v) is 16.6. The van der Waals surface area contributed by atoms with Crippen LogP contribution in [0.15, 0.2) is 77.7 Å². The first kappa shape index (κ1) is 32.9. The molecule has 9 nitrogen and oxygen atoms in total. The zero-order chi connectivity index (χ0) is 31.7. The van der Waals surface area contributed by atoms with Crippen LogP contribution in [0.2, 0.25) is 0 Å². The summed E-state index contributed by atoms with van der Waals surface area (Å²) in [6.45, 7) is 5.26. The summed E-state index contributed by atoms with van der Waals surface area (Å²) >= 11 is 0. The summed E-state index contributed by atoms with van der Waals surface area (Å²) in [6, 6.07) is 19.7. The van der Waals surface area contributed by atoms with Gasteiger partial charge in [0.25, 0.3) is 10.0 Å². The molecule has 0 saturated heterocycles. The third-order valence-electron chi connectivity index (χ3n) is 7.95. The lowest BCUT2D eigenvalue weighted by molar-refractivity contribution is -0.139. The van der Waals surface area contributed by atoms with Crippen LogP contribution in [-0.2, 0) is 26.2 Å². The van der Waals surface area contributed by atoms with Gasteiger partial charge in [0, 0.05) is 12.6 Å². The molecule has 4 rings (SSSR count). The molecule has 3 aromatic carbocycles. The highest BCUT2D eigenvalue weighted by Gasteiger charge is 2.34. The molecule has 0 radical (unpaired) electrons. The molecule has 0 unspecified atom stereocenters. The summed E-state index contributed by atoms with van der Waals surface area (Å²) in [6.07, 6.45) is 5.07. The number of anilines is 1. The number of methoxy groups -OCH3 is 1. The average Bonchev–Trinajstić information content (AvgIpc) is 3.03. The van der Waals surface area contributed by atoms with Crippen LogP contribution in [0.1, 0.15) is 57.1 Å². The van der Waals surface area contributed by atoms with Crippen LogP contribution >= 0.6 is 0 Å². The van der Waals surface area contributed by atoms with Crippen LogP contribution < -0.4 is 19.1 Å². The van der Waals surface area contributed by atoms with Crippen molar-refractivity contribution >= 4 is 27.5 Å². The second-order valence-corrected chi connectivity index (χ2v) is 13.0. The molecule has 3 aromatic rings. The Morgan fingerprint density at radius 2 is 1.61 bits per heavy atom. The van der Waals surface area contributed by atoms with Crippen molar-refractivity contribution in [2.75, 3.05) is 24.6 Å². The first-order valence-electron chi connectivity index (χ1n) is 15.2. The van der Waals surface area contributed by atoms with Crippen LogP contribution in [0.4, 0.5) is 5.69 Å². The van der Waals surface area contributed by atoms with Gasteiger partial charge in [0.2, 0.25) is 11.8 Å². The summed E-state index contributed by atoms with van der Waals surface area (Å²) < 4.78 is 40.5. The van der Waals surface area contributed by atoms with Crippen molar-refractivity contribution in [2.45, 2.75) is 76.4 Å². The number of benzene rings is 3. The Morgan fingerprint density at radius 3 is 2.25 bits per heavy atom. The van der Waals surface area contributed by atoms with Crippen LogP contribution in [0.5, 0.6) is 11.5 Å². The highest BCUT2D eigenvalue weighted by atomic mass is 32.2. The topological polar surface area (TPSA) is 105 Å². The number of amides is 2. The Labute approximate surface area is 261 Å². The van der Waals surface area contributed by atoms with E-state index < -0.39 is 28.5 Å². The van der Waals surface area contributed by atoms with Crippen molar-refractivity contribution in [3.63, 3.8) is 0 Å². The third-order valence-corrected chi connectivity index (χ3v) is 9.73. The second kappa shape index (κ2) is 15.1. The summed E-state index contributed by atoms with van der Waals surface area (Å²) in [5.41, 5.74) is 1.93. The minimum atomic E-state index is -4.20. The minimum absolute atomic E-state index is 0.0481. The van der Waals surface area contributed by atoms with Gasteiger partial charge in [0.1, 0.15) is 24.1 Å². The number of carbonyl (C=O) groups is 2. The highest BCUT2D eigenvalue weighted by Crippen LogP contribution is 2.33. The van der Waals surface area contributed by atoms with Gasteiger partial charge in [-0.05, 0) is 75.6 Å². The van der Waals surface area contributed by atoms with Gasteiger partial charge in [-0.15, -0.1) is 0 Å². The van der Waals surface area contributed by atoms with Crippen molar-refractivity contribution in [3.8, 4) is 11.5 Å². The molecule has 0 bridgehead atoms. The van der Waals surface area contributed by atoms with Crippen molar-refractivity contribution in [2.24, 2.45) is 0 Å². The van der Waals surface area contributed by atoms with E-state index in [0.29, 0.717) is 18.1 Å². The fraction of sp³-hybridized carbons (Fsp3) is 0.412. The van der Waals surface area contributed by atoms with E-state index in [9.17, 15) is 18.0 Å². The van der Waals surface area contributed by atoms with Crippen LogP contribution in [0, 0.1) is 6.92 Å². The molecule has 44 heavy (non-hydrogen) atoms. The zero-order valence-electron chi connectivity index (χ0n) is 26.0. The number of rotatable bonds is 13. The first-order chi connectivity index (χ1) is 21.1. The average molecular weight is 622 g/mol. The van der Waals surface area contributed by atoms with Gasteiger partial charge in [-0.25, -0.2) is 8.42 Å². The second-order valence-electron chi connectivity index (χ2n) is 11.1. The Morgan fingerprint density at radius 1 is 0.955 bits per heavy atom. The standard InChI is InChI=1S/C34H43N3O6S/c1-5-43-32-14-10-9-13-31(32)37(44(40,41)30-21-15-25(2)16-22-30)24-33(38)36(23-27-17-19-29(42-4)20-18-27)26(3)34(39)35-28-11-7-6-8-12-28/h9-10,13-22,26,28H,5-8,11-12,23-24H2,1-4H3,(H,35,39)/t26-/m0/s1. The zero-order valence-corrected chi connectivity index (χ0v) is 26.8.